The Hall–Kier alpha value is -1.72. The summed E-state index contributed by atoms with van der Waals surface area (Å²) >= 11 is 0. The van der Waals surface area contributed by atoms with Crippen LogP contribution in [0.15, 0.2) is 6.07 Å². The summed E-state index contributed by atoms with van der Waals surface area (Å²) in [4.78, 5) is 14.1. The van der Waals surface area contributed by atoms with Crippen LogP contribution in [0.25, 0.3) is 0 Å². The van der Waals surface area contributed by atoms with Gasteiger partial charge < -0.3 is 10.8 Å². The number of nitrogens with two attached hydrogens (primary N) is 1. The maximum atomic E-state index is 12.2. The Morgan fingerprint density at radius 3 is 2.64 bits per heavy atom. The number of hydrogen-bond acceptors (Lipinski definition) is 3. The van der Waals surface area contributed by atoms with Crippen LogP contribution < -0.4 is 5.73 Å². The van der Waals surface area contributed by atoms with Crippen LogP contribution in [0, 0.1) is 6.92 Å². The van der Waals surface area contributed by atoms with Gasteiger partial charge in [-0.2, -0.15) is 0 Å². The van der Waals surface area contributed by atoms with E-state index in [4.69, 9.17) is 10.8 Å². The average molecular weight is 202 g/mol. The molecule has 0 bridgehead atoms. The Labute approximate surface area is 78.4 Å². The number of carboxylic acids is 1. The third-order valence-electron chi connectivity index (χ3n) is 1.72. The van der Waals surface area contributed by atoms with E-state index in [1.165, 1.54) is 6.92 Å². The summed E-state index contributed by atoms with van der Waals surface area (Å²) in [6.07, 6.45) is -2.80. The number of halogens is 2. The number of aromatic carboxylic acids is 1. The molecule has 0 radical (unpaired) electrons. The fraction of sp³-hybridized carbons (Fsp3) is 0.250. The van der Waals surface area contributed by atoms with Crippen molar-refractivity contribution in [2.75, 3.05) is 5.73 Å². The van der Waals surface area contributed by atoms with Gasteiger partial charge in [-0.15, -0.1) is 0 Å². The van der Waals surface area contributed by atoms with Crippen molar-refractivity contribution in [1.82, 2.24) is 4.98 Å². The molecule has 0 atom stereocenters. The first-order valence-corrected chi connectivity index (χ1v) is 3.72. The van der Waals surface area contributed by atoms with E-state index in [0.29, 0.717) is 0 Å². The number of aryl methyl sites for hydroxylation is 1. The fourth-order valence-electron chi connectivity index (χ4n) is 0.995. The number of nitrogen functional groups attached to an aromatic ring is 1. The molecule has 1 aromatic heterocycles. The van der Waals surface area contributed by atoms with Crippen molar-refractivity contribution < 1.29 is 18.7 Å². The number of carbonyl (C=O) groups is 1. The summed E-state index contributed by atoms with van der Waals surface area (Å²) < 4.78 is 24.5. The molecule has 1 rings (SSSR count). The van der Waals surface area contributed by atoms with E-state index in [-0.39, 0.29) is 16.9 Å². The van der Waals surface area contributed by atoms with Gasteiger partial charge in [0.2, 0.25) is 0 Å². The molecule has 6 heteroatoms. The van der Waals surface area contributed by atoms with Crippen LogP contribution in [-0.4, -0.2) is 16.1 Å². The topological polar surface area (TPSA) is 76.2 Å². The van der Waals surface area contributed by atoms with E-state index in [9.17, 15) is 13.6 Å². The zero-order valence-corrected chi connectivity index (χ0v) is 7.29. The number of pyridine rings is 1. The summed E-state index contributed by atoms with van der Waals surface area (Å²) in [5, 5.41) is 8.64. The number of nitrogens with zero attached hydrogens (tertiary/aromatic N) is 1. The van der Waals surface area contributed by atoms with Crippen molar-refractivity contribution in [3.8, 4) is 0 Å². The largest absolute Gasteiger partial charge is 0.478 e. The summed E-state index contributed by atoms with van der Waals surface area (Å²) in [6, 6.07) is 0.787. The van der Waals surface area contributed by atoms with Gasteiger partial charge in [-0.3, -0.25) is 0 Å². The minimum Gasteiger partial charge on any atom is -0.478 e. The second kappa shape index (κ2) is 3.57. The smallest absolute Gasteiger partial charge is 0.337 e. The Balaban J connectivity index is 3.35. The first kappa shape index (κ1) is 10.4. The lowest BCUT2D eigenvalue weighted by Gasteiger charge is -2.06. The molecule has 0 amide bonds. The van der Waals surface area contributed by atoms with Gasteiger partial charge >= 0.3 is 5.97 Å². The highest BCUT2D eigenvalue weighted by Crippen LogP contribution is 2.23. The number of alkyl halides is 2. The molecule has 0 saturated heterocycles. The predicted molar refractivity (Wildman–Crippen MR) is 45.3 cm³/mol. The van der Waals surface area contributed by atoms with Gasteiger partial charge in [-0.1, -0.05) is 0 Å². The highest BCUT2D eigenvalue weighted by atomic mass is 19.3. The summed E-state index contributed by atoms with van der Waals surface area (Å²) in [6.45, 7) is 1.38. The van der Waals surface area contributed by atoms with Crippen molar-refractivity contribution in [2.45, 2.75) is 13.3 Å². The maximum absolute atomic E-state index is 12.2. The molecule has 0 saturated carbocycles. The monoisotopic (exact) mass is 202 g/mol. The van der Waals surface area contributed by atoms with E-state index in [2.05, 4.69) is 4.98 Å². The van der Waals surface area contributed by atoms with Crippen LogP contribution in [0.2, 0.25) is 0 Å². The van der Waals surface area contributed by atoms with Crippen LogP contribution in [-0.2, 0) is 0 Å². The molecule has 14 heavy (non-hydrogen) atoms. The number of rotatable bonds is 2. The molecule has 1 heterocycles. The van der Waals surface area contributed by atoms with E-state index in [1.54, 1.807) is 0 Å². The molecular weight excluding hydrogens is 194 g/mol. The summed E-state index contributed by atoms with van der Waals surface area (Å²) in [7, 11) is 0. The van der Waals surface area contributed by atoms with Gasteiger partial charge in [0.05, 0.1) is 16.9 Å². The number of carboxylic acid groups (broad SMARTS) is 1. The second-order valence-electron chi connectivity index (χ2n) is 2.70. The van der Waals surface area contributed by atoms with Crippen molar-refractivity contribution >= 4 is 11.7 Å². The van der Waals surface area contributed by atoms with Crippen molar-refractivity contribution in [3.05, 3.63) is 23.0 Å². The molecule has 76 valence electrons. The lowest BCUT2D eigenvalue weighted by Crippen LogP contribution is -2.08. The van der Waals surface area contributed by atoms with Crippen molar-refractivity contribution in [2.24, 2.45) is 0 Å². The Bertz CT molecular complexity index is 380. The first-order valence-electron chi connectivity index (χ1n) is 3.72. The Kier molecular flexibility index (Phi) is 2.64. The predicted octanol–water partition coefficient (Wildman–Crippen LogP) is 1.61. The maximum Gasteiger partial charge on any atom is 0.337 e. The van der Waals surface area contributed by atoms with Crippen LogP contribution in [0.4, 0.5) is 14.5 Å². The molecule has 1 aromatic rings. The molecule has 0 aliphatic carbocycles. The van der Waals surface area contributed by atoms with E-state index in [1.807, 2.05) is 0 Å². The molecule has 0 aliphatic rings. The van der Waals surface area contributed by atoms with Gasteiger partial charge in [0, 0.05) is 0 Å². The van der Waals surface area contributed by atoms with Gasteiger partial charge in [-0.25, -0.2) is 18.6 Å². The number of hydrogen-bond donors (Lipinski definition) is 2. The minimum absolute atomic E-state index is 0.0816. The number of aromatic nitrogens is 1. The standard InChI is InChI=1S/C8H8F2N2O2/c1-3-6(11)4(8(13)14)2-5(12-3)7(9)10/h2,7H,11H2,1H3,(H,13,14). The Morgan fingerprint density at radius 1 is 1.64 bits per heavy atom. The van der Waals surface area contributed by atoms with Crippen molar-refractivity contribution in [1.29, 1.82) is 0 Å². The normalized spacial score (nSPS) is 10.6. The molecule has 0 aromatic carbocycles. The first-order chi connectivity index (χ1) is 6.43. The van der Waals surface area contributed by atoms with Crippen LogP contribution in [0.1, 0.15) is 28.2 Å². The third kappa shape index (κ3) is 1.78. The van der Waals surface area contributed by atoms with E-state index < -0.39 is 18.1 Å². The molecule has 4 nitrogen and oxygen atoms in total. The highest BCUT2D eigenvalue weighted by Gasteiger charge is 2.17. The van der Waals surface area contributed by atoms with Gasteiger partial charge in [-0.05, 0) is 13.0 Å². The van der Waals surface area contributed by atoms with E-state index >= 15 is 0 Å². The van der Waals surface area contributed by atoms with Crippen molar-refractivity contribution in [3.63, 3.8) is 0 Å². The zero-order chi connectivity index (χ0) is 10.9. The van der Waals surface area contributed by atoms with E-state index in [0.717, 1.165) is 6.07 Å². The van der Waals surface area contributed by atoms with Gasteiger partial charge in [0.25, 0.3) is 6.43 Å². The fourth-order valence-corrected chi connectivity index (χ4v) is 0.995. The summed E-state index contributed by atoms with van der Waals surface area (Å²) in [5.41, 5.74) is 4.47. The number of anilines is 1. The minimum atomic E-state index is -2.80. The molecule has 0 unspecified atom stereocenters. The second-order valence-corrected chi connectivity index (χ2v) is 2.70. The SMILES string of the molecule is Cc1nc(C(F)F)cc(C(=O)O)c1N. The van der Waals surface area contributed by atoms with Gasteiger partial charge in [0.15, 0.2) is 0 Å². The Morgan fingerprint density at radius 2 is 2.21 bits per heavy atom. The molecule has 3 N–H and O–H groups in total. The summed E-state index contributed by atoms with van der Waals surface area (Å²) in [5.74, 6) is -1.34. The van der Waals surface area contributed by atoms with Crippen LogP contribution in [0.3, 0.4) is 0 Å². The lowest BCUT2D eigenvalue weighted by atomic mass is 10.1. The molecule has 0 fully saturated rings. The van der Waals surface area contributed by atoms with Crippen LogP contribution >= 0.6 is 0 Å². The average Bonchev–Trinajstić information content (AvgIpc) is 2.08. The third-order valence-corrected chi connectivity index (χ3v) is 1.72. The zero-order valence-electron chi connectivity index (χ0n) is 7.29. The lowest BCUT2D eigenvalue weighted by molar-refractivity contribution is 0.0697. The van der Waals surface area contributed by atoms with Crippen LogP contribution in [0.5, 0.6) is 0 Å². The molecule has 0 aliphatic heterocycles. The molecule has 0 spiro atoms. The van der Waals surface area contributed by atoms with Gasteiger partial charge in [0.1, 0.15) is 5.69 Å². The quantitative estimate of drug-likeness (QED) is 0.763. The highest BCUT2D eigenvalue weighted by molar-refractivity contribution is 5.94. The molecular formula is C8H8F2N2O2.